The van der Waals surface area contributed by atoms with Crippen LogP contribution >= 0.6 is 0 Å². The van der Waals surface area contributed by atoms with Crippen LogP contribution in [0.15, 0.2) is 38.0 Å². The summed E-state index contributed by atoms with van der Waals surface area (Å²) in [5.41, 5.74) is 0. The highest BCUT2D eigenvalue weighted by Crippen LogP contribution is 2.37. The molecule has 11 heavy (non-hydrogen) atoms. The van der Waals surface area contributed by atoms with Gasteiger partial charge in [0.2, 0.25) is 0 Å². The Labute approximate surface area is 69.3 Å². The average Bonchev–Trinajstić information content (AvgIpc) is 2.46. The summed E-state index contributed by atoms with van der Waals surface area (Å²) in [5.74, 6) is 1.95. The van der Waals surface area contributed by atoms with Crippen LogP contribution in [-0.4, -0.2) is 0 Å². The monoisotopic (exact) mass is 148 g/mol. The van der Waals surface area contributed by atoms with Crippen molar-refractivity contribution in [1.82, 2.24) is 0 Å². The summed E-state index contributed by atoms with van der Waals surface area (Å²) in [6.07, 6.45) is 8.58. The summed E-state index contributed by atoms with van der Waals surface area (Å²) in [4.78, 5) is 0. The van der Waals surface area contributed by atoms with Gasteiger partial charge in [0, 0.05) is 0 Å². The van der Waals surface area contributed by atoms with E-state index in [0.29, 0.717) is 17.8 Å². The molecule has 0 aliphatic heterocycles. The van der Waals surface area contributed by atoms with Gasteiger partial charge >= 0.3 is 0 Å². The Morgan fingerprint density at radius 2 is 1.27 bits per heavy atom. The lowest BCUT2D eigenvalue weighted by Gasteiger charge is -2.08. The maximum atomic E-state index is 3.83. The zero-order chi connectivity index (χ0) is 8.27. The number of hydrogen-bond donors (Lipinski definition) is 0. The summed E-state index contributed by atoms with van der Waals surface area (Å²) in [6.45, 7) is 11.5. The minimum absolute atomic E-state index is 0.635. The fourth-order valence-corrected chi connectivity index (χ4v) is 1.88. The minimum Gasteiger partial charge on any atom is -0.103 e. The average molecular weight is 148 g/mol. The lowest BCUT2D eigenvalue weighted by atomic mass is 9.97. The maximum absolute atomic E-state index is 3.83. The van der Waals surface area contributed by atoms with Crippen LogP contribution in [0.5, 0.6) is 0 Å². The molecule has 0 heterocycles. The van der Waals surface area contributed by atoms with Gasteiger partial charge in [-0.25, -0.2) is 0 Å². The van der Waals surface area contributed by atoms with E-state index in [9.17, 15) is 0 Å². The van der Waals surface area contributed by atoms with Crippen LogP contribution < -0.4 is 0 Å². The van der Waals surface area contributed by atoms with Crippen molar-refractivity contribution in [3.63, 3.8) is 0 Å². The normalized spacial score (nSPS) is 36.5. The molecule has 1 fully saturated rings. The molecule has 1 aliphatic rings. The highest BCUT2D eigenvalue weighted by Gasteiger charge is 2.28. The molecule has 1 aliphatic carbocycles. The van der Waals surface area contributed by atoms with E-state index >= 15 is 0 Å². The molecule has 0 spiro atoms. The van der Waals surface area contributed by atoms with Gasteiger partial charge in [0.25, 0.3) is 0 Å². The Morgan fingerprint density at radius 3 is 1.55 bits per heavy atom. The Bertz CT molecular complexity index is 151. The lowest BCUT2D eigenvalue weighted by Crippen LogP contribution is -1.99. The Balaban J connectivity index is 2.60. The first-order valence-corrected chi connectivity index (χ1v) is 4.19. The van der Waals surface area contributed by atoms with Gasteiger partial charge in [0.1, 0.15) is 0 Å². The Hall–Kier alpha value is -0.780. The van der Waals surface area contributed by atoms with Crippen molar-refractivity contribution in [3.05, 3.63) is 38.0 Å². The summed E-state index contributed by atoms with van der Waals surface area (Å²) in [6, 6.07) is 0. The Kier molecular flexibility index (Phi) is 2.70. The van der Waals surface area contributed by atoms with Crippen molar-refractivity contribution >= 4 is 0 Å². The van der Waals surface area contributed by atoms with Crippen molar-refractivity contribution in [2.45, 2.75) is 12.8 Å². The van der Waals surface area contributed by atoms with Gasteiger partial charge in [-0.3, -0.25) is 0 Å². The lowest BCUT2D eigenvalue weighted by molar-refractivity contribution is 0.560. The second-order valence-corrected chi connectivity index (χ2v) is 3.27. The van der Waals surface area contributed by atoms with Gasteiger partial charge in [-0.15, -0.1) is 19.7 Å². The molecule has 0 aromatic carbocycles. The molecule has 2 atom stereocenters. The van der Waals surface area contributed by atoms with E-state index in [4.69, 9.17) is 0 Å². The van der Waals surface area contributed by atoms with E-state index < -0.39 is 0 Å². The summed E-state index contributed by atoms with van der Waals surface area (Å²) in [5, 5.41) is 0. The van der Waals surface area contributed by atoms with Crippen LogP contribution in [0.2, 0.25) is 0 Å². The van der Waals surface area contributed by atoms with E-state index in [2.05, 4.69) is 38.0 Å². The van der Waals surface area contributed by atoms with Gasteiger partial charge in [-0.05, 0) is 30.6 Å². The predicted octanol–water partition coefficient (Wildman–Crippen LogP) is 3.19. The third kappa shape index (κ3) is 1.62. The zero-order valence-electron chi connectivity index (χ0n) is 7.00. The summed E-state index contributed by atoms with van der Waals surface area (Å²) >= 11 is 0. The molecule has 0 saturated heterocycles. The molecular weight excluding hydrogens is 132 g/mol. The molecule has 1 rings (SSSR count). The van der Waals surface area contributed by atoms with Gasteiger partial charge in [0.05, 0.1) is 0 Å². The molecule has 0 aromatic heterocycles. The summed E-state index contributed by atoms with van der Waals surface area (Å²) in [7, 11) is 0. The van der Waals surface area contributed by atoms with Gasteiger partial charge < -0.3 is 0 Å². The maximum Gasteiger partial charge on any atom is -0.0167 e. The van der Waals surface area contributed by atoms with E-state index in [0.717, 1.165) is 0 Å². The van der Waals surface area contributed by atoms with E-state index in [1.54, 1.807) is 0 Å². The van der Waals surface area contributed by atoms with E-state index in [1.165, 1.54) is 12.8 Å². The predicted molar refractivity (Wildman–Crippen MR) is 50.3 cm³/mol. The topological polar surface area (TPSA) is 0 Å². The van der Waals surface area contributed by atoms with Gasteiger partial charge in [0.15, 0.2) is 0 Å². The summed E-state index contributed by atoms with van der Waals surface area (Å²) < 4.78 is 0. The van der Waals surface area contributed by atoms with Crippen molar-refractivity contribution in [2.75, 3.05) is 0 Å². The highest BCUT2D eigenvalue weighted by atomic mass is 14.3. The first kappa shape index (κ1) is 8.32. The minimum atomic E-state index is 0.635. The molecule has 0 N–H and O–H groups in total. The van der Waals surface area contributed by atoms with Gasteiger partial charge in [-0.2, -0.15) is 0 Å². The zero-order valence-corrected chi connectivity index (χ0v) is 7.00. The SMILES string of the molecule is C=CC1CC(C=C)C(C=C)C1. The highest BCUT2D eigenvalue weighted by molar-refractivity contribution is 5.03. The number of allylic oxidation sites excluding steroid dienone is 3. The molecular formula is C11H16. The van der Waals surface area contributed by atoms with Crippen molar-refractivity contribution < 1.29 is 0 Å². The molecule has 0 radical (unpaired) electrons. The van der Waals surface area contributed by atoms with Crippen LogP contribution in [0, 0.1) is 17.8 Å². The fourth-order valence-electron chi connectivity index (χ4n) is 1.88. The van der Waals surface area contributed by atoms with E-state index in [1.807, 2.05) is 0 Å². The smallest absolute Gasteiger partial charge is 0.0167 e. The molecule has 0 bridgehead atoms. The van der Waals surface area contributed by atoms with Crippen LogP contribution in [-0.2, 0) is 0 Å². The molecule has 0 aromatic rings. The fraction of sp³-hybridized carbons (Fsp3) is 0.455. The van der Waals surface area contributed by atoms with Crippen LogP contribution in [0.4, 0.5) is 0 Å². The second-order valence-electron chi connectivity index (χ2n) is 3.27. The molecule has 0 heteroatoms. The third-order valence-corrected chi connectivity index (χ3v) is 2.64. The molecule has 60 valence electrons. The quantitative estimate of drug-likeness (QED) is 0.539. The van der Waals surface area contributed by atoms with Crippen molar-refractivity contribution in [1.29, 1.82) is 0 Å². The largest absolute Gasteiger partial charge is 0.103 e. The second kappa shape index (κ2) is 3.56. The van der Waals surface area contributed by atoms with Gasteiger partial charge in [-0.1, -0.05) is 18.2 Å². The van der Waals surface area contributed by atoms with Crippen LogP contribution in [0.1, 0.15) is 12.8 Å². The van der Waals surface area contributed by atoms with Crippen molar-refractivity contribution in [2.24, 2.45) is 17.8 Å². The third-order valence-electron chi connectivity index (χ3n) is 2.64. The molecule has 1 saturated carbocycles. The first-order chi connectivity index (χ1) is 5.31. The number of rotatable bonds is 3. The number of hydrogen-bond acceptors (Lipinski definition) is 0. The Morgan fingerprint density at radius 1 is 0.818 bits per heavy atom. The van der Waals surface area contributed by atoms with Crippen LogP contribution in [0.3, 0.4) is 0 Å². The van der Waals surface area contributed by atoms with E-state index in [-0.39, 0.29) is 0 Å². The molecule has 0 nitrogen and oxygen atoms in total. The standard InChI is InChI=1S/C11H16/c1-4-9-7-10(5-2)11(6-3)8-9/h4-6,9-11H,1-3,7-8H2. The molecule has 0 amide bonds. The van der Waals surface area contributed by atoms with Crippen LogP contribution in [0.25, 0.3) is 0 Å². The molecule has 2 unspecified atom stereocenters. The first-order valence-electron chi connectivity index (χ1n) is 4.19. The van der Waals surface area contributed by atoms with Crippen molar-refractivity contribution in [3.8, 4) is 0 Å².